The predicted octanol–water partition coefficient (Wildman–Crippen LogP) is 8.94. The molecule has 1 fully saturated rings. The second kappa shape index (κ2) is 16.9. The average Bonchev–Trinajstić information content (AvgIpc) is 2.88. The summed E-state index contributed by atoms with van der Waals surface area (Å²) >= 11 is -2.34. The number of hydrogen-bond acceptors (Lipinski definition) is 3. The molecule has 0 radical (unpaired) electrons. The molecule has 1 saturated heterocycles. The summed E-state index contributed by atoms with van der Waals surface area (Å²) in [5.41, 5.74) is -0.417. The average molecular weight is 623 g/mol. The third-order valence-corrected chi connectivity index (χ3v) is 23.7. The quantitative estimate of drug-likeness (QED) is 0.137. The number of unbranched alkanes of at least 4 members (excludes halogenated alkanes) is 4. The summed E-state index contributed by atoms with van der Waals surface area (Å²) in [7, 11) is 0. The van der Waals surface area contributed by atoms with E-state index in [0.717, 1.165) is 44.7 Å². The van der Waals surface area contributed by atoms with E-state index in [1.165, 1.54) is 64.7 Å². The van der Waals surface area contributed by atoms with Crippen molar-refractivity contribution < 1.29 is 14.3 Å². The van der Waals surface area contributed by atoms with E-state index in [4.69, 9.17) is 9.47 Å². The molecule has 1 aliphatic heterocycles. The fraction of sp³-hybridized carbons (Fsp3) is 0.781. The molecule has 1 heterocycles. The molecular formula is C32H57NO3Sn. The van der Waals surface area contributed by atoms with E-state index in [1.54, 1.807) is 3.58 Å². The number of hydrogen-bond donors (Lipinski definition) is 0. The van der Waals surface area contributed by atoms with Gasteiger partial charge in [-0.15, -0.1) is 0 Å². The Balaban J connectivity index is 1.76. The zero-order valence-electron chi connectivity index (χ0n) is 25.1. The van der Waals surface area contributed by atoms with Crippen LogP contribution in [0, 0.1) is 5.92 Å². The number of piperidine rings is 1. The third kappa shape index (κ3) is 11.8. The van der Waals surface area contributed by atoms with E-state index >= 15 is 0 Å². The Morgan fingerprint density at radius 2 is 1.41 bits per heavy atom. The third-order valence-electron chi connectivity index (χ3n) is 8.04. The molecule has 212 valence electrons. The number of benzene rings is 1. The molecule has 0 aliphatic carbocycles. The van der Waals surface area contributed by atoms with E-state index in [-0.39, 0.29) is 6.09 Å². The van der Waals surface area contributed by atoms with E-state index in [0.29, 0.717) is 5.92 Å². The van der Waals surface area contributed by atoms with Crippen LogP contribution in [0.25, 0.3) is 0 Å². The van der Waals surface area contributed by atoms with Crippen molar-refractivity contribution in [1.82, 2.24) is 4.90 Å². The molecule has 0 bridgehead atoms. The molecular weight excluding hydrogens is 565 g/mol. The maximum atomic E-state index is 12.3. The number of likely N-dealkylation sites (tertiary alicyclic amines) is 1. The van der Waals surface area contributed by atoms with Crippen molar-refractivity contribution in [3.63, 3.8) is 0 Å². The number of carbonyl (C=O) groups excluding carboxylic acids is 1. The van der Waals surface area contributed by atoms with Crippen molar-refractivity contribution in [2.24, 2.45) is 5.92 Å². The number of nitrogens with zero attached hydrogens (tertiary/aromatic N) is 1. The summed E-state index contributed by atoms with van der Waals surface area (Å²) < 4.78 is 18.0. The molecule has 0 atom stereocenters. The van der Waals surface area contributed by atoms with E-state index in [2.05, 4.69) is 45.0 Å². The molecule has 1 aromatic carbocycles. The second-order valence-electron chi connectivity index (χ2n) is 12.4. The molecule has 1 aliphatic rings. The number of ether oxygens (including phenoxy) is 2. The van der Waals surface area contributed by atoms with Gasteiger partial charge in [0.1, 0.15) is 5.60 Å². The molecule has 0 aromatic heterocycles. The van der Waals surface area contributed by atoms with Gasteiger partial charge in [-0.1, -0.05) is 0 Å². The van der Waals surface area contributed by atoms with Crippen molar-refractivity contribution in [3.8, 4) is 5.75 Å². The van der Waals surface area contributed by atoms with E-state index in [9.17, 15) is 4.79 Å². The van der Waals surface area contributed by atoms with Crippen molar-refractivity contribution >= 4 is 28.0 Å². The van der Waals surface area contributed by atoms with Crippen LogP contribution in [-0.4, -0.2) is 54.7 Å². The van der Waals surface area contributed by atoms with Gasteiger partial charge in [-0.05, 0) is 20.8 Å². The monoisotopic (exact) mass is 623 g/mol. The molecule has 0 N–H and O–H groups in total. The number of rotatable bonds is 16. The number of carbonyl (C=O) groups is 1. The first kappa shape index (κ1) is 32.3. The summed E-state index contributed by atoms with van der Waals surface area (Å²) in [6, 6.07) is 9.42. The number of amides is 1. The molecule has 0 spiro atoms. The van der Waals surface area contributed by atoms with Crippen LogP contribution in [0.5, 0.6) is 5.75 Å². The Morgan fingerprint density at radius 1 is 0.865 bits per heavy atom. The van der Waals surface area contributed by atoms with Gasteiger partial charge >= 0.3 is 193 Å². The first-order valence-electron chi connectivity index (χ1n) is 15.4. The van der Waals surface area contributed by atoms with Gasteiger partial charge < -0.3 is 9.64 Å². The fourth-order valence-corrected chi connectivity index (χ4v) is 21.6. The molecule has 5 heteroatoms. The topological polar surface area (TPSA) is 38.8 Å². The van der Waals surface area contributed by atoms with Crippen molar-refractivity contribution in [3.05, 3.63) is 24.3 Å². The van der Waals surface area contributed by atoms with Gasteiger partial charge in [0.2, 0.25) is 0 Å². The summed E-state index contributed by atoms with van der Waals surface area (Å²) in [5, 5.41) is 0. The van der Waals surface area contributed by atoms with Gasteiger partial charge in [-0.3, -0.25) is 0 Å². The van der Waals surface area contributed by atoms with Gasteiger partial charge in [0.05, 0.1) is 0 Å². The first-order chi connectivity index (χ1) is 17.7. The summed E-state index contributed by atoms with van der Waals surface area (Å²) in [6.07, 6.45) is 13.7. The Hall–Kier alpha value is -0.911. The van der Waals surface area contributed by atoms with Crippen LogP contribution in [0.4, 0.5) is 4.79 Å². The SMILES string of the molecule is CCC[CH2][Sn]([CH2]CCC)([CH2]CCC)[c]1ccc(OCCCCC2CCN(C(=O)OC(C)(C)C)CC2)cc1. The van der Waals surface area contributed by atoms with Gasteiger partial charge in [0.15, 0.2) is 0 Å². The van der Waals surface area contributed by atoms with Crippen LogP contribution in [0.3, 0.4) is 0 Å². The zero-order chi connectivity index (χ0) is 27.2. The van der Waals surface area contributed by atoms with Gasteiger partial charge in [-0.2, -0.15) is 0 Å². The molecule has 1 aromatic rings. The van der Waals surface area contributed by atoms with Crippen molar-refractivity contribution in [2.45, 2.75) is 131 Å². The Bertz CT molecular complexity index is 729. The van der Waals surface area contributed by atoms with Crippen LogP contribution >= 0.6 is 0 Å². The molecule has 2 rings (SSSR count). The standard InChI is InChI=1S/C20H30NO3.3C4H9.Sn/c1-20(2,3)24-19(22)21-14-12-17(13-15-21)9-7-8-16-23-18-10-5-4-6-11-18;3*1-3-4-2;/h5-6,10-11,17H,7-9,12-16H2,1-3H3;3*1,3-4H2,2H3;. The van der Waals surface area contributed by atoms with Gasteiger partial charge in [0.25, 0.3) is 0 Å². The zero-order valence-corrected chi connectivity index (χ0v) is 27.9. The Morgan fingerprint density at radius 3 is 1.89 bits per heavy atom. The normalized spacial score (nSPS) is 15.1. The van der Waals surface area contributed by atoms with Gasteiger partial charge in [0, 0.05) is 0 Å². The molecule has 4 nitrogen and oxygen atoms in total. The minimum atomic E-state index is -2.34. The van der Waals surface area contributed by atoms with Gasteiger partial charge in [-0.25, -0.2) is 4.79 Å². The fourth-order valence-electron chi connectivity index (χ4n) is 5.71. The van der Waals surface area contributed by atoms with Crippen LogP contribution in [0.2, 0.25) is 13.3 Å². The van der Waals surface area contributed by atoms with Crippen LogP contribution < -0.4 is 8.32 Å². The Kier molecular flexibility index (Phi) is 14.8. The van der Waals surface area contributed by atoms with E-state index in [1.807, 2.05) is 25.7 Å². The van der Waals surface area contributed by atoms with Crippen LogP contribution in [0.15, 0.2) is 24.3 Å². The summed E-state index contributed by atoms with van der Waals surface area (Å²) in [6.45, 7) is 15.3. The summed E-state index contributed by atoms with van der Waals surface area (Å²) in [5.74, 6) is 1.75. The molecule has 1 amide bonds. The molecule has 0 saturated carbocycles. The van der Waals surface area contributed by atoms with Crippen molar-refractivity contribution in [1.29, 1.82) is 0 Å². The molecule has 0 unspecified atom stereocenters. The second-order valence-corrected chi connectivity index (χ2v) is 25.6. The van der Waals surface area contributed by atoms with Crippen LogP contribution in [-0.2, 0) is 4.74 Å². The maximum absolute atomic E-state index is 12.3. The predicted molar refractivity (Wildman–Crippen MR) is 161 cm³/mol. The van der Waals surface area contributed by atoms with Crippen molar-refractivity contribution in [2.75, 3.05) is 19.7 Å². The Labute approximate surface area is 233 Å². The summed E-state index contributed by atoms with van der Waals surface area (Å²) in [4.78, 5) is 14.1. The first-order valence-corrected chi connectivity index (χ1v) is 22.9. The molecule has 37 heavy (non-hydrogen) atoms. The minimum absolute atomic E-state index is 0.160. The van der Waals surface area contributed by atoms with E-state index < -0.39 is 24.0 Å². The van der Waals surface area contributed by atoms with Crippen LogP contribution in [0.1, 0.15) is 112 Å².